The van der Waals surface area contributed by atoms with E-state index in [4.69, 9.17) is 9.57 Å². The minimum absolute atomic E-state index is 0.00149. The van der Waals surface area contributed by atoms with Gasteiger partial charge in [0.25, 0.3) is 5.91 Å². The molecule has 5 rings (SSSR count). The highest BCUT2D eigenvalue weighted by Crippen LogP contribution is 2.66. The molecule has 0 spiro atoms. The number of nitrogens with zero attached hydrogens (tertiary/aromatic N) is 1. The Bertz CT molecular complexity index is 1250. The molecule has 3 saturated carbocycles. The molecule has 4 aliphatic carbocycles. The van der Waals surface area contributed by atoms with Gasteiger partial charge in [0.05, 0.1) is 12.2 Å². The number of rotatable bonds is 8. The van der Waals surface area contributed by atoms with Gasteiger partial charge in [0.15, 0.2) is 6.61 Å². The molecule has 41 heavy (non-hydrogen) atoms. The number of aliphatic hydroxyl groups is 1. The Morgan fingerprint density at radius 3 is 2.56 bits per heavy atom. The Morgan fingerprint density at radius 2 is 1.83 bits per heavy atom. The maximum Gasteiger partial charge on any atom is 0.328 e. The summed E-state index contributed by atoms with van der Waals surface area (Å²) in [5.74, 6) is 0.852. The summed E-state index contributed by atoms with van der Waals surface area (Å²) in [5.41, 5.74) is 2.21. The Morgan fingerprint density at radius 1 is 1.10 bits per heavy atom. The van der Waals surface area contributed by atoms with Crippen molar-refractivity contribution in [2.75, 3.05) is 13.2 Å². The molecule has 0 radical (unpaired) electrons. The van der Waals surface area contributed by atoms with Crippen LogP contribution in [0.25, 0.3) is 0 Å². The third-order valence-electron chi connectivity index (χ3n) is 10.8. The Kier molecular flexibility index (Phi) is 8.07. The molecule has 0 heterocycles. The number of ether oxygens (including phenoxy) is 1. The van der Waals surface area contributed by atoms with Gasteiger partial charge in [-0.3, -0.25) is 4.79 Å². The summed E-state index contributed by atoms with van der Waals surface area (Å²) in [5, 5.41) is 27.6. The largest absolute Gasteiger partial charge is 0.508 e. The lowest BCUT2D eigenvalue weighted by Crippen LogP contribution is -2.53. The summed E-state index contributed by atoms with van der Waals surface area (Å²) in [6.07, 6.45) is 12.9. The first kappa shape index (κ1) is 29.4. The maximum atomic E-state index is 12.6. The minimum Gasteiger partial charge on any atom is -0.508 e. The predicted octanol–water partition coefficient (Wildman–Crippen LogP) is 4.85. The van der Waals surface area contributed by atoms with Gasteiger partial charge in [-0.15, -0.1) is 0 Å². The average Bonchev–Trinajstić information content (AvgIpc) is 3.18. The molecular weight excluding hydrogens is 520 g/mol. The van der Waals surface area contributed by atoms with Crippen LogP contribution in [0.4, 0.5) is 0 Å². The zero-order chi connectivity index (χ0) is 29.4. The van der Waals surface area contributed by atoms with Crippen molar-refractivity contribution in [1.82, 2.24) is 5.32 Å². The van der Waals surface area contributed by atoms with Crippen LogP contribution in [0.15, 0.2) is 53.2 Å². The van der Waals surface area contributed by atoms with Crippen LogP contribution in [0.2, 0.25) is 0 Å². The summed E-state index contributed by atoms with van der Waals surface area (Å²) >= 11 is 0. The SMILES string of the molecule is CCOC(=O)[C@@H](Cc1ccc(O)cc1)NC(=O)CO/N=C1\C=C[C@@]2(C)C(=C1)CC[C@@H]1[C@@H]2CC[C@@]2(C)[C@H]1CC[C@]2(C)O. The number of hydrogen-bond donors (Lipinski definition) is 3. The summed E-state index contributed by atoms with van der Waals surface area (Å²) in [6, 6.07) is 5.59. The van der Waals surface area contributed by atoms with E-state index in [1.165, 1.54) is 17.7 Å². The van der Waals surface area contributed by atoms with Crippen molar-refractivity contribution in [2.45, 2.75) is 84.3 Å². The number of carbonyl (C=O) groups is 2. The second kappa shape index (κ2) is 11.3. The van der Waals surface area contributed by atoms with E-state index in [-0.39, 0.29) is 36.2 Å². The molecule has 0 aliphatic heterocycles. The molecule has 7 atom stereocenters. The molecule has 8 nitrogen and oxygen atoms in total. The molecule has 4 aliphatic rings. The van der Waals surface area contributed by atoms with E-state index in [0.29, 0.717) is 23.5 Å². The lowest BCUT2D eigenvalue weighted by atomic mass is 9.47. The summed E-state index contributed by atoms with van der Waals surface area (Å²) in [7, 11) is 0. The van der Waals surface area contributed by atoms with Crippen molar-refractivity contribution >= 4 is 17.6 Å². The second-order valence-corrected chi connectivity index (χ2v) is 13.0. The molecule has 3 N–H and O–H groups in total. The van der Waals surface area contributed by atoms with E-state index in [1.807, 2.05) is 13.0 Å². The van der Waals surface area contributed by atoms with Crippen molar-refractivity contribution in [3.63, 3.8) is 0 Å². The quantitative estimate of drug-likeness (QED) is 0.307. The zero-order valence-corrected chi connectivity index (χ0v) is 24.7. The highest BCUT2D eigenvalue weighted by molar-refractivity contribution is 6.05. The fourth-order valence-electron chi connectivity index (χ4n) is 8.21. The number of benzene rings is 1. The van der Waals surface area contributed by atoms with Gasteiger partial charge in [-0.25, -0.2) is 4.79 Å². The molecule has 8 heteroatoms. The van der Waals surface area contributed by atoms with Crippen LogP contribution in [0, 0.1) is 28.6 Å². The number of amides is 1. The Hall–Kier alpha value is -3.13. The standard InChI is InChI=1S/C33H44N2O6/c1-5-40-30(38)28(18-21-6-9-24(36)10-7-21)34-29(37)20-41-35-23-12-15-31(2)22(19-23)8-11-25-26(31)13-16-32(3)27(25)14-17-33(32,4)39/h6-7,9-10,12,15,19,25-28,36,39H,5,8,11,13-14,16-18,20H2,1-4H3,(H,34,37)/b35-23+/t25-,26+,27+,28-,31+,32+,33+/m1/s1. The first-order chi connectivity index (χ1) is 19.5. The van der Waals surface area contributed by atoms with Crippen LogP contribution in [0.1, 0.15) is 71.8 Å². The van der Waals surface area contributed by atoms with Crippen molar-refractivity contribution in [1.29, 1.82) is 0 Å². The summed E-state index contributed by atoms with van der Waals surface area (Å²) in [6.45, 7) is 8.29. The second-order valence-electron chi connectivity index (χ2n) is 13.0. The van der Waals surface area contributed by atoms with Crippen LogP contribution in [-0.2, 0) is 25.6 Å². The van der Waals surface area contributed by atoms with Crippen LogP contribution in [0.3, 0.4) is 0 Å². The highest BCUT2D eigenvalue weighted by atomic mass is 16.6. The molecule has 1 amide bonds. The lowest BCUT2D eigenvalue weighted by molar-refractivity contribution is -0.147. The molecule has 0 aromatic heterocycles. The number of allylic oxidation sites excluding steroid dienone is 4. The van der Waals surface area contributed by atoms with Crippen LogP contribution < -0.4 is 5.32 Å². The first-order valence-electron chi connectivity index (χ1n) is 15.0. The number of fused-ring (bicyclic) bond motifs is 5. The predicted molar refractivity (Wildman–Crippen MR) is 156 cm³/mol. The number of phenolic OH excluding ortho intramolecular Hbond substituents is 1. The fourth-order valence-corrected chi connectivity index (χ4v) is 8.21. The van der Waals surface area contributed by atoms with Gasteiger partial charge in [-0.1, -0.05) is 42.8 Å². The summed E-state index contributed by atoms with van der Waals surface area (Å²) < 4.78 is 5.14. The van der Waals surface area contributed by atoms with E-state index in [0.717, 1.165) is 44.1 Å². The number of nitrogens with one attached hydrogen (secondary N) is 1. The smallest absolute Gasteiger partial charge is 0.328 e. The number of esters is 1. The van der Waals surface area contributed by atoms with Crippen molar-refractivity contribution in [3.8, 4) is 5.75 Å². The number of oxime groups is 1. The first-order valence-corrected chi connectivity index (χ1v) is 15.0. The number of aromatic hydroxyl groups is 1. The molecule has 1 aromatic rings. The van der Waals surface area contributed by atoms with Gasteiger partial charge in [0.1, 0.15) is 17.5 Å². The van der Waals surface area contributed by atoms with E-state index in [9.17, 15) is 19.8 Å². The van der Waals surface area contributed by atoms with Crippen molar-refractivity contribution < 1.29 is 29.4 Å². The van der Waals surface area contributed by atoms with Crippen LogP contribution >= 0.6 is 0 Å². The van der Waals surface area contributed by atoms with Crippen molar-refractivity contribution in [2.24, 2.45) is 33.7 Å². The van der Waals surface area contributed by atoms with E-state index >= 15 is 0 Å². The monoisotopic (exact) mass is 564 g/mol. The lowest BCUT2D eigenvalue weighted by Gasteiger charge is -2.58. The Balaban J connectivity index is 1.19. The van der Waals surface area contributed by atoms with E-state index < -0.39 is 23.5 Å². The van der Waals surface area contributed by atoms with Gasteiger partial charge < -0.3 is 25.1 Å². The normalized spacial score (nSPS) is 35.5. The zero-order valence-electron chi connectivity index (χ0n) is 24.7. The van der Waals surface area contributed by atoms with E-state index in [1.54, 1.807) is 19.1 Å². The molecule has 1 aromatic carbocycles. The summed E-state index contributed by atoms with van der Waals surface area (Å²) in [4.78, 5) is 30.5. The van der Waals surface area contributed by atoms with Gasteiger partial charge in [-0.05, 0) is 105 Å². The van der Waals surface area contributed by atoms with Crippen LogP contribution in [-0.4, -0.2) is 52.7 Å². The van der Waals surface area contributed by atoms with Crippen LogP contribution in [0.5, 0.6) is 5.75 Å². The van der Waals surface area contributed by atoms with Gasteiger partial charge in [0.2, 0.25) is 0 Å². The average molecular weight is 565 g/mol. The molecule has 0 saturated heterocycles. The highest BCUT2D eigenvalue weighted by Gasteiger charge is 2.62. The molecule has 3 fully saturated rings. The fraction of sp³-hybridized carbons (Fsp3) is 0.606. The molecular formula is C33H44N2O6. The molecule has 222 valence electrons. The van der Waals surface area contributed by atoms with E-state index in [2.05, 4.69) is 36.5 Å². The topological polar surface area (TPSA) is 117 Å². The molecule has 0 bridgehead atoms. The van der Waals surface area contributed by atoms with Gasteiger partial charge in [-0.2, -0.15) is 0 Å². The van der Waals surface area contributed by atoms with Gasteiger partial charge >= 0.3 is 5.97 Å². The van der Waals surface area contributed by atoms with Crippen molar-refractivity contribution in [3.05, 3.63) is 53.6 Å². The Labute approximate surface area is 242 Å². The van der Waals surface area contributed by atoms with Gasteiger partial charge in [0, 0.05) is 11.8 Å². The number of phenols is 1. The minimum atomic E-state index is -0.878. The number of carbonyl (C=O) groups excluding carboxylic acids is 2. The third-order valence-corrected chi connectivity index (χ3v) is 10.8. The maximum absolute atomic E-state index is 12.6. The molecule has 0 unspecified atom stereocenters. The number of hydrogen-bond acceptors (Lipinski definition) is 7. The third kappa shape index (κ3) is 5.55.